The standard InChI is InChI=1S/C34H28N10/c35-18-24-14-16-38-34(39-24)43-21-26-17-27(43)20-42(26)19-22-8-10-25(11-9-22)44-32(28-7-4-15-37-31(28)36)41-30-13-12-29(40-33(30)44)23-5-2-1-3-6-23/h1-16,26-27H,17,19-21H2,(H2,36,37)/t26-,27-/m0/s1. The molecule has 2 N–H and O–H groups in total. The summed E-state index contributed by atoms with van der Waals surface area (Å²) in [5.41, 5.74) is 13.2. The zero-order valence-electron chi connectivity index (χ0n) is 23.8. The first kappa shape index (κ1) is 26.0. The summed E-state index contributed by atoms with van der Waals surface area (Å²) in [5.74, 6) is 1.78. The number of pyridine rings is 2. The van der Waals surface area contributed by atoms with Gasteiger partial charge in [0.15, 0.2) is 11.5 Å². The lowest BCUT2D eigenvalue weighted by atomic mass is 10.1. The highest BCUT2D eigenvalue weighted by Crippen LogP contribution is 2.35. The summed E-state index contributed by atoms with van der Waals surface area (Å²) in [4.78, 5) is 28.0. The molecule has 0 unspecified atom stereocenters. The van der Waals surface area contributed by atoms with Crippen LogP contribution in [0.25, 0.3) is 39.5 Å². The van der Waals surface area contributed by atoms with E-state index in [1.807, 2.05) is 42.5 Å². The topological polar surface area (TPSA) is 126 Å². The Kier molecular flexibility index (Phi) is 6.24. The van der Waals surface area contributed by atoms with Crippen molar-refractivity contribution in [2.75, 3.05) is 23.7 Å². The van der Waals surface area contributed by atoms with Gasteiger partial charge in [0.05, 0.1) is 11.3 Å². The fourth-order valence-corrected chi connectivity index (χ4v) is 6.48. The van der Waals surface area contributed by atoms with E-state index >= 15 is 0 Å². The van der Waals surface area contributed by atoms with Crippen molar-refractivity contribution in [2.24, 2.45) is 0 Å². The lowest BCUT2D eigenvalue weighted by Gasteiger charge is -2.34. The molecule has 2 aliphatic rings. The van der Waals surface area contributed by atoms with E-state index in [1.165, 1.54) is 5.56 Å². The van der Waals surface area contributed by atoms with Gasteiger partial charge in [-0.1, -0.05) is 42.5 Å². The molecule has 0 radical (unpaired) electrons. The molecular formula is C34H28N10. The second-order valence-corrected chi connectivity index (χ2v) is 11.3. The molecule has 2 aromatic carbocycles. The second kappa shape index (κ2) is 10.6. The summed E-state index contributed by atoms with van der Waals surface area (Å²) < 4.78 is 2.07. The molecule has 0 aliphatic carbocycles. The van der Waals surface area contributed by atoms with Gasteiger partial charge in [-0.3, -0.25) is 9.47 Å². The van der Waals surface area contributed by atoms with Gasteiger partial charge in [0.1, 0.15) is 23.1 Å². The molecule has 2 saturated heterocycles. The Morgan fingerprint density at radius 2 is 1.68 bits per heavy atom. The molecule has 2 bridgehead atoms. The summed E-state index contributed by atoms with van der Waals surface area (Å²) in [7, 11) is 0. The van der Waals surface area contributed by atoms with Crippen LogP contribution in [0.5, 0.6) is 0 Å². The molecule has 10 nitrogen and oxygen atoms in total. The maximum atomic E-state index is 9.24. The predicted molar refractivity (Wildman–Crippen MR) is 169 cm³/mol. The molecule has 0 saturated carbocycles. The minimum absolute atomic E-state index is 0.350. The number of piperazine rings is 1. The molecule has 2 aliphatic heterocycles. The van der Waals surface area contributed by atoms with Crippen molar-refractivity contribution in [3.8, 4) is 34.4 Å². The van der Waals surface area contributed by atoms with Gasteiger partial charge in [-0.2, -0.15) is 5.26 Å². The number of fused-ring (bicyclic) bond motifs is 3. The number of rotatable bonds is 6. The Morgan fingerprint density at radius 3 is 2.45 bits per heavy atom. The van der Waals surface area contributed by atoms with E-state index in [9.17, 15) is 5.26 Å². The van der Waals surface area contributed by atoms with Crippen molar-refractivity contribution in [2.45, 2.75) is 25.0 Å². The number of nitrogens with zero attached hydrogens (tertiary/aromatic N) is 9. The highest BCUT2D eigenvalue weighted by molar-refractivity contribution is 5.84. The van der Waals surface area contributed by atoms with Crippen LogP contribution >= 0.6 is 0 Å². The Labute approximate surface area is 254 Å². The van der Waals surface area contributed by atoms with Crippen LogP contribution in [-0.4, -0.2) is 59.6 Å². The van der Waals surface area contributed by atoms with Crippen LogP contribution in [-0.2, 0) is 6.54 Å². The van der Waals surface area contributed by atoms with E-state index in [-0.39, 0.29) is 0 Å². The molecule has 6 heterocycles. The monoisotopic (exact) mass is 576 g/mol. The number of benzene rings is 2. The Morgan fingerprint density at radius 1 is 0.818 bits per heavy atom. The molecule has 0 amide bonds. The Hall–Kier alpha value is -5.66. The minimum atomic E-state index is 0.350. The number of nitrogen functional groups attached to an aromatic ring is 1. The lowest BCUT2D eigenvalue weighted by Crippen LogP contribution is -2.46. The van der Waals surface area contributed by atoms with Crippen molar-refractivity contribution < 1.29 is 0 Å². The normalized spacial score (nSPS) is 17.8. The van der Waals surface area contributed by atoms with Crippen molar-refractivity contribution in [1.82, 2.24) is 34.4 Å². The average molecular weight is 577 g/mol. The number of hydrogen-bond donors (Lipinski definition) is 1. The second-order valence-electron chi connectivity index (χ2n) is 11.3. The fraction of sp³-hybridized carbons (Fsp3) is 0.176. The highest BCUT2D eigenvalue weighted by atomic mass is 15.4. The van der Waals surface area contributed by atoms with Gasteiger partial charge < -0.3 is 10.6 Å². The van der Waals surface area contributed by atoms with Gasteiger partial charge in [0, 0.05) is 55.4 Å². The van der Waals surface area contributed by atoms with Crippen LogP contribution in [0.15, 0.2) is 97.3 Å². The summed E-state index contributed by atoms with van der Waals surface area (Å²) >= 11 is 0. The first-order valence-electron chi connectivity index (χ1n) is 14.6. The smallest absolute Gasteiger partial charge is 0.226 e. The number of imidazole rings is 1. The van der Waals surface area contributed by atoms with Crippen LogP contribution in [0.1, 0.15) is 17.7 Å². The maximum Gasteiger partial charge on any atom is 0.226 e. The van der Waals surface area contributed by atoms with Crippen LogP contribution in [0.2, 0.25) is 0 Å². The van der Waals surface area contributed by atoms with Crippen molar-refractivity contribution in [3.63, 3.8) is 0 Å². The first-order chi connectivity index (χ1) is 21.6. The van der Waals surface area contributed by atoms with Gasteiger partial charge in [0.25, 0.3) is 0 Å². The number of nitriles is 1. The minimum Gasteiger partial charge on any atom is -0.383 e. The van der Waals surface area contributed by atoms with E-state index in [4.69, 9.17) is 15.7 Å². The van der Waals surface area contributed by atoms with Gasteiger partial charge >= 0.3 is 0 Å². The van der Waals surface area contributed by atoms with Crippen LogP contribution in [0, 0.1) is 11.3 Å². The van der Waals surface area contributed by atoms with Crippen LogP contribution in [0.4, 0.5) is 11.8 Å². The van der Waals surface area contributed by atoms with Gasteiger partial charge in [-0.25, -0.2) is 24.9 Å². The predicted octanol–water partition coefficient (Wildman–Crippen LogP) is 4.86. The van der Waals surface area contributed by atoms with Gasteiger partial charge in [-0.05, 0) is 54.4 Å². The third kappa shape index (κ3) is 4.51. The summed E-state index contributed by atoms with van der Waals surface area (Å²) in [6.45, 7) is 2.66. The summed E-state index contributed by atoms with van der Waals surface area (Å²) in [6, 6.07) is 31.2. The molecule has 4 aromatic heterocycles. The molecule has 44 heavy (non-hydrogen) atoms. The van der Waals surface area contributed by atoms with Crippen molar-refractivity contribution in [1.29, 1.82) is 5.26 Å². The average Bonchev–Trinajstić information content (AvgIpc) is 3.78. The van der Waals surface area contributed by atoms with E-state index in [1.54, 1.807) is 18.5 Å². The fourth-order valence-electron chi connectivity index (χ4n) is 6.48. The van der Waals surface area contributed by atoms with Crippen LogP contribution in [0.3, 0.4) is 0 Å². The molecule has 10 heteroatoms. The van der Waals surface area contributed by atoms with E-state index < -0.39 is 0 Å². The van der Waals surface area contributed by atoms with E-state index in [2.05, 4.69) is 71.8 Å². The molecule has 2 atom stereocenters. The number of hydrogen-bond acceptors (Lipinski definition) is 9. The zero-order chi connectivity index (χ0) is 29.6. The van der Waals surface area contributed by atoms with Gasteiger partial charge in [0.2, 0.25) is 5.95 Å². The molecule has 0 spiro atoms. The van der Waals surface area contributed by atoms with Gasteiger partial charge in [-0.15, -0.1) is 0 Å². The number of nitrogens with two attached hydrogens (primary N) is 1. The zero-order valence-corrected chi connectivity index (χ0v) is 23.8. The van der Waals surface area contributed by atoms with Crippen molar-refractivity contribution in [3.05, 3.63) is 109 Å². The van der Waals surface area contributed by atoms with E-state index in [0.717, 1.165) is 59.7 Å². The number of anilines is 2. The van der Waals surface area contributed by atoms with Crippen molar-refractivity contribution >= 4 is 22.9 Å². The summed E-state index contributed by atoms with van der Waals surface area (Å²) in [6.07, 6.45) is 4.43. The number of likely N-dealkylation sites (tertiary alicyclic amines) is 1. The largest absolute Gasteiger partial charge is 0.383 e. The SMILES string of the molecule is N#Cc1ccnc(N2C[C@@H]3C[C@H]2CN3Cc2ccc(-n3c(-c4cccnc4N)nc4ccc(-c5ccccc5)nc43)cc2)n1. The molecule has 8 rings (SSSR count). The van der Waals surface area contributed by atoms with Crippen LogP contribution < -0.4 is 10.6 Å². The molecular weight excluding hydrogens is 548 g/mol. The molecule has 2 fully saturated rings. The Balaban J connectivity index is 1.09. The highest BCUT2D eigenvalue weighted by Gasteiger charge is 2.44. The first-order valence-corrected chi connectivity index (χ1v) is 14.6. The third-order valence-corrected chi connectivity index (χ3v) is 8.60. The third-order valence-electron chi connectivity index (χ3n) is 8.60. The quantitative estimate of drug-likeness (QED) is 0.296. The van der Waals surface area contributed by atoms with E-state index in [0.29, 0.717) is 35.4 Å². The molecule has 6 aromatic rings. The molecule has 214 valence electrons. The lowest BCUT2D eigenvalue weighted by molar-refractivity contribution is 0.229. The number of aromatic nitrogens is 6. The maximum absolute atomic E-state index is 9.24. The Bertz CT molecular complexity index is 2030. The summed E-state index contributed by atoms with van der Waals surface area (Å²) in [5, 5.41) is 9.24.